The fourth-order valence-corrected chi connectivity index (χ4v) is 7.13. The molecule has 0 N–H and O–H groups in total. The van der Waals surface area contributed by atoms with Crippen molar-refractivity contribution in [3.05, 3.63) is 94.5 Å². The summed E-state index contributed by atoms with van der Waals surface area (Å²) in [4.78, 5) is 32.2. The number of halogens is 3. The van der Waals surface area contributed by atoms with Gasteiger partial charge in [0.05, 0.1) is 21.9 Å². The number of alkyl halides is 3. The first-order chi connectivity index (χ1) is 23.1. The van der Waals surface area contributed by atoms with E-state index in [4.69, 9.17) is 9.47 Å². The van der Waals surface area contributed by atoms with Crippen molar-refractivity contribution in [1.29, 1.82) is 0 Å². The van der Waals surface area contributed by atoms with E-state index in [0.29, 0.717) is 24.2 Å². The van der Waals surface area contributed by atoms with Gasteiger partial charge >= 0.3 is 17.8 Å². The number of nitro benzene ring substituents is 1. The standard InChI is InChI=1S/C35H35F3N4O5S/c1-24(47-33-27-8-3-2-7-25(27)11-13-29(33)42(44)45)34(43)46-22-21-40-19-17-39(18-20-40)15-6-16-41-28-9-4-5-10-31(28)48-32-14-12-26(23-30(32)41)35(36,37)38/h2-5,7-14,23-24H,6,15-22H2,1H3. The molecule has 48 heavy (non-hydrogen) atoms. The summed E-state index contributed by atoms with van der Waals surface area (Å²) in [6.07, 6.45) is -4.67. The third-order valence-corrected chi connectivity index (χ3v) is 9.74. The minimum absolute atomic E-state index is 0.0392. The van der Waals surface area contributed by atoms with E-state index in [1.54, 1.807) is 24.3 Å². The second kappa shape index (κ2) is 14.4. The van der Waals surface area contributed by atoms with Crippen molar-refractivity contribution < 1.29 is 32.4 Å². The zero-order valence-corrected chi connectivity index (χ0v) is 27.1. The van der Waals surface area contributed by atoms with Gasteiger partial charge < -0.3 is 19.3 Å². The van der Waals surface area contributed by atoms with Gasteiger partial charge in [0, 0.05) is 60.5 Å². The summed E-state index contributed by atoms with van der Waals surface area (Å²) < 4.78 is 51.9. The van der Waals surface area contributed by atoms with Crippen LogP contribution in [0.2, 0.25) is 0 Å². The maximum atomic E-state index is 13.5. The molecule has 0 bridgehead atoms. The number of nitro groups is 1. The average Bonchev–Trinajstić information content (AvgIpc) is 3.08. The summed E-state index contributed by atoms with van der Waals surface area (Å²) >= 11 is 1.49. The molecule has 0 amide bonds. The van der Waals surface area contributed by atoms with E-state index in [2.05, 4.69) is 9.80 Å². The van der Waals surface area contributed by atoms with Gasteiger partial charge in [-0.3, -0.25) is 15.0 Å². The van der Waals surface area contributed by atoms with E-state index in [9.17, 15) is 28.1 Å². The van der Waals surface area contributed by atoms with Crippen molar-refractivity contribution in [2.45, 2.75) is 35.4 Å². The lowest BCUT2D eigenvalue weighted by molar-refractivity contribution is -0.385. The first kappa shape index (κ1) is 33.6. The molecule has 0 aromatic heterocycles. The second-order valence-corrected chi connectivity index (χ2v) is 12.8. The molecule has 6 rings (SSSR count). The van der Waals surface area contributed by atoms with Gasteiger partial charge in [0.25, 0.3) is 0 Å². The number of fused-ring (bicyclic) bond motifs is 3. The number of carbonyl (C=O) groups excluding carboxylic acids is 1. The highest BCUT2D eigenvalue weighted by atomic mass is 32.2. The number of ether oxygens (including phenoxy) is 2. The number of carbonyl (C=O) groups is 1. The lowest BCUT2D eigenvalue weighted by atomic mass is 10.1. The molecule has 4 aromatic rings. The Hall–Kier alpha value is -4.33. The van der Waals surface area contributed by atoms with Crippen molar-refractivity contribution in [3.63, 3.8) is 0 Å². The molecular formula is C35H35F3N4O5S. The molecule has 1 saturated heterocycles. The average molecular weight is 681 g/mol. The molecule has 0 radical (unpaired) electrons. The zero-order valence-electron chi connectivity index (χ0n) is 26.3. The summed E-state index contributed by atoms with van der Waals surface area (Å²) in [5, 5.41) is 12.9. The quantitative estimate of drug-likeness (QED) is 0.0915. The fraction of sp³-hybridized carbons (Fsp3) is 0.343. The molecule has 1 fully saturated rings. The molecule has 2 aliphatic heterocycles. The van der Waals surface area contributed by atoms with Crippen LogP contribution >= 0.6 is 11.8 Å². The van der Waals surface area contributed by atoms with Crippen LogP contribution < -0.4 is 9.64 Å². The highest BCUT2D eigenvalue weighted by molar-refractivity contribution is 7.99. The van der Waals surface area contributed by atoms with Crippen LogP contribution in [0.4, 0.5) is 30.2 Å². The van der Waals surface area contributed by atoms with E-state index >= 15 is 0 Å². The largest absolute Gasteiger partial charge is 0.471 e. The van der Waals surface area contributed by atoms with Crippen LogP contribution in [-0.2, 0) is 15.7 Å². The molecule has 13 heteroatoms. The van der Waals surface area contributed by atoms with Crippen molar-refractivity contribution >= 4 is 45.6 Å². The van der Waals surface area contributed by atoms with Crippen molar-refractivity contribution in [2.24, 2.45) is 0 Å². The first-order valence-electron chi connectivity index (χ1n) is 15.8. The van der Waals surface area contributed by atoms with Crippen LogP contribution in [0.15, 0.2) is 88.7 Å². The molecule has 1 atom stereocenters. The SMILES string of the molecule is CC(Oc1c([N+](=O)[O-])ccc2ccccc12)C(=O)OCCN1CCN(CCCN2c3ccccc3Sc3ccc(C(F)(F)F)cc32)CC1. The fourth-order valence-electron chi connectivity index (χ4n) is 6.05. The number of hydrogen-bond donors (Lipinski definition) is 0. The summed E-state index contributed by atoms with van der Waals surface area (Å²) in [5.74, 6) is -0.560. The van der Waals surface area contributed by atoms with Crippen molar-refractivity contribution in [1.82, 2.24) is 9.80 Å². The molecule has 2 heterocycles. The highest BCUT2D eigenvalue weighted by Gasteiger charge is 2.33. The summed E-state index contributed by atoms with van der Waals surface area (Å²) in [5.41, 5.74) is 0.641. The predicted octanol–water partition coefficient (Wildman–Crippen LogP) is 7.39. The zero-order chi connectivity index (χ0) is 33.8. The first-order valence-corrected chi connectivity index (χ1v) is 16.6. The van der Waals surface area contributed by atoms with E-state index in [1.165, 1.54) is 30.8 Å². The van der Waals surface area contributed by atoms with E-state index < -0.39 is 28.7 Å². The number of esters is 1. The minimum atomic E-state index is -4.41. The molecular weight excluding hydrogens is 645 g/mol. The number of hydrogen-bond acceptors (Lipinski definition) is 9. The monoisotopic (exact) mass is 680 g/mol. The Morgan fingerprint density at radius 1 is 0.896 bits per heavy atom. The van der Waals surface area contributed by atoms with Crippen LogP contribution in [0.1, 0.15) is 18.9 Å². The van der Waals surface area contributed by atoms with Gasteiger partial charge in [-0.05, 0) is 61.7 Å². The second-order valence-electron chi connectivity index (χ2n) is 11.8. The van der Waals surface area contributed by atoms with E-state index in [-0.39, 0.29) is 18.0 Å². The van der Waals surface area contributed by atoms with Crippen LogP contribution in [0.3, 0.4) is 0 Å². The Balaban J connectivity index is 0.965. The lowest BCUT2D eigenvalue weighted by Crippen LogP contribution is -2.48. The number of para-hydroxylation sites is 1. The Morgan fingerprint density at radius 3 is 2.33 bits per heavy atom. The van der Waals surface area contributed by atoms with E-state index in [1.807, 2.05) is 41.3 Å². The molecule has 9 nitrogen and oxygen atoms in total. The maximum absolute atomic E-state index is 13.5. The third-order valence-electron chi connectivity index (χ3n) is 8.61. The van der Waals surface area contributed by atoms with Crippen LogP contribution in [0.25, 0.3) is 10.8 Å². The Morgan fingerprint density at radius 2 is 1.58 bits per heavy atom. The molecule has 2 aliphatic rings. The number of rotatable bonds is 11. The number of anilines is 2. The molecule has 252 valence electrons. The highest BCUT2D eigenvalue weighted by Crippen LogP contribution is 2.49. The molecule has 1 unspecified atom stereocenters. The van der Waals surface area contributed by atoms with Gasteiger partial charge in [-0.15, -0.1) is 0 Å². The van der Waals surface area contributed by atoms with Crippen LogP contribution in [0.5, 0.6) is 5.75 Å². The topological polar surface area (TPSA) is 88.4 Å². The Bertz CT molecular complexity index is 1800. The Kier molecular flexibility index (Phi) is 10.1. The smallest absolute Gasteiger partial charge is 0.416 e. The van der Waals surface area contributed by atoms with Crippen LogP contribution in [-0.4, -0.2) is 79.2 Å². The number of piperazine rings is 1. The van der Waals surface area contributed by atoms with Gasteiger partial charge in [0.2, 0.25) is 5.75 Å². The minimum Gasteiger partial charge on any atom is -0.471 e. The number of benzene rings is 4. The Labute approximate surface area is 280 Å². The molecule has 0 saturated carbocycles. The summed E-state index contributed by atoms with van der Waals surface area (Å²) in [6.45, 7) is 6.82. The van der Waals surface area contributed by atoms with Crippen molar-refractivity contribution in [2.75, 3.05) is 57.3 Å². The van der Waals surface area contributed by atoms with Crippen molar-refractivity contribution in [3.8, 4) is 5.75 Å². The normalized spacial score (nSPS) is 15.9. The summed E-state index contributed by atoms with van der Waals surface area (Å²) in [7, 11) is 0. The maximum Gasteiger partial charge on any atom is 0.416 e. The third kappa shape index (κ3) is 7.53. The lowest BCUT2D eigenvalue weighted by Gasteiger charge is -2.36. The van der Waals surface area contributed by atoms with Gasteiger partial charge in [0.15, 0.2) is 6.10 Å². The summed E-state index contributed by atoms with van der Waals surface area (Å²) in [6, 6.07) is 21.9. The van der Waals surface area contributed by atoms with Gasteiger partial charge in [-0.25, -0.2) is 4.79 Å². The van der Waals surface area contributed by atoms with Gasteiger partial charge in [0.1, 0.15) is 6.61 Å². The molecule has 4 aromatic carbocycles. The van der Waals surface area contributed by atoms with E-state index in [0.717, 1.165) is 66.1 Å². The predicted molar refractivity (Wildman–Crippen MR) is 178 cm³/mol. The van der Waals surface area contributed by atoms with Gasteiger partial charge in [-0.1, -0.05) is 48.2 Å². The van der Waals surface area contributed by atoms with Crippen LogP contribution in [0, 0.1) is 10.1 Å². The van der Waals surface area contributed by atoms with Gasteiger partial charge in [-0.2, -0.15) is 13.2 Å². The molecule has 0 aliphatic carbocycles. The molecule has 0 spiro atoms. The number of nitrogens with zero attached hydrogens (tertiary/aromatic N) is 4.